The van der Waals surface area contributed by atoms with Crippen LogP contribution in [-0.4, -0.2) is 31.8 Å². The fourth-order valence-electron chi connectivity index (χ4n) is 2.99. The second-order valence-corrected chi connectivity index (χ2v) is 6.70. The standard InChI is InChI=1S/C22H25N3O2/c1-25(2)19-12-10-17(11-13-19)21(26)15-24-22(27)23-14-18-8-5-7-16-6-3-4-9-20(16)18/h3-13,21,26H,14-15H2,1-2H3,(H2,23,24,27)/t21-/m0/s1. The Balaban J connectivity index is 1.52. The van der Waals surface area contributed by atoms with Crippen LogP contribution in [-0.2, 0) is 6.54 Å². The zero-order chi connectivity index (χ0) is 19.2. The number of aliphatic hydroxyl groups is 1. The largest absolute Gasteiger partial charge is 0.387 e. The molecule has 0 unspecified atom stereocenters. The van der Waals surface area contributed by atoms with Gasteiger partial charge in [-0.05, 0) is 34.0 Å². The highest BCUT2D eigenvalue weighted by Crippen LogP contribution is 2.19. The molecule has 0 aromatic heterocycles. The van der Waals surface area contributed by atoms with Crippen LogP contribution in [0.5, 0.6) is 0 Å². The molecule has 0 saturated carbocycles. The lowest BCUT2D eigenvalue weighted by Crippen LogP contribution is -2.37. The maximum atomic E-state index is 12.1. The number of benzene rings is 3. The topological polar surface area (TPSA) is 64.6 Å². The third-order valence-electron chi connectivity index (χ3n) is 4.57. The average molecular weight is 363 g/mol. The number of hydrogen-bond donors (Lipinski definition) is 3. The van der Waals surface area contributed by atoms with Crippen LogP contribution in [0.15, 0.2) is 66.7 Å². The molecule has 3 rings (SSSR count). The van der Waals surface area contributed by atoms with E-state index < -0.39 is 6.10 Å². The molecule has 0 aliphatic rings. The number of nitrogens with one attached hydrogen (secondary N) is 2. The van der Waals surface area contributed by atoms with Crippen LogP contribution < -0.4 is 15.5 Å². The van der Waals surface area contributed by atoms with Crippen LogP contribution >= 0.6 is 0 Å². The van der Waals surface area contributed by atoms with Gasteiger partial charge in [0.1, 0.15) is 0 Å². The minimum absolute atomic E-state index is 0.155. The molecule has 0 bridgehead atoms. The number of amides is 2. The fourth-order valence-corrected chi connectivity index (χ4v) is 2.99. The molecule has 0 aliphatic heterocycles. The van der Waals surface area contributed by atoms with E-state index in [-0.39, 0.29) is 12.6 Å². The van der Waals surface area contributed by atoms with E-state index in [9.17, 15) is 9.90 Å². The molecule has 27 heavy (non-hydrogen) atoms. The Kier molecular flexibility index (Phi) is 5.94. The van der Waals surface area contributed by atoms with Crippen LogP contribution in [0.4, 0.5) is 10.5 Å². The Morgan fingerprint density at radius 2 is 1.67 bits per heavy atom. The van der Waals surface area contributed by atoms with Crippen molar-refractivity contribution in [1.29, 1.82) is 0 Å². The summed E-state index contributed by atoms with van der Waals surface area (Å²) in [5.41, 5.74) is 2.89. The van der Waals surface area contributed by atoms with Gasteiger partial charge in [-0.3, -0.25) is 0 Å². The Labute approximate surface area is 159 Å². The van der Waals surface area contributed by atoms with Gasteiger partial charge >= 0.3 is 6.03 Å². The number of urea groups is 1. The van der Waals surface area contributed by atoms with Gasteiger partial charge < -0.3 is 20.6 Å². The Morgan fingerprint density at radius 1 is 0.963 bits per heavy atom. The van der Waals surface area contributed by atoms with Crippen LogP contribution in [0.1, 0.15) is 17.2 Å². The smallest absolute Gasteiger partial charge is 0.315 e. The summed E-state index contributed by atoms with van der Waals surface area (Å²) in [5, 5.41) is 18.1. The summed E-state index contributed by atoms with van der Waals surface area (Å²) in [4.78, 5) is 14.1. The summed E-state index contributed by atoms with van der Waals surface area (Å²) in [6.07, 6.45) is -0.746. The Hall–Kier alpha value is -3.05. The summed E-state index contributed by atoms with van der Waals surface area (Å²) in [5.74, 6) is 0. The van der Waals surface area contributed by atoms with Gasteiger partial charge in [-0.1, -0.05) is 54.6 Å². The number of hydrogen-bond acceptors (Lipinski definition) is 3. The molecular formula is C22H25N3O2. The molecule has 5 nitrogen and oxygen atoms in total. The number of carbonyl (C=O) groups is 1. The van der Waals surface area contributed by atoms with Gasteiger partial charge in [0, 0.05) is 32.9 Å². The number of fused-ring (bicyclic) bond motifs is 1. The molecule has 2 amide bonds. The lowest BCUT2D eigenvalue weighted by molar-refractivity contribution is 0.173. The zero-order valence-electron chi connectivity index (χ0n) is 15.6. The third-order valence-corrected chi connectivity index (χ3v) is 4.57. The molecule has 0 heterocycles. The molecule has 0 spiro atoms. The molecule has 3 aromatic rings. The lowest BCUT2D eigenvalue weighted by Gasteiger charge is -2.16. The van der Waals surface area contributed by atoms with Crippen molar-refractivity contribution < 1.29 is 9.90 Å². The minimum Gasteiger partial charge on any atom is -0.387 e. The molecule has 0 saturated heterocycles. The maximum absolute atomic E-state index is 12.1. The molecule has 3 aromatic carbocycles. The van der Waals surface area contributed by atoms with Gasteiger partial charge in [0.05, 0.1) is 6.10 Å². The van der Waals surface area contributed by atoms with E-state index >= 15 is 0 Å². The van der Waals surface area contributed by atoms with Gasteiger partial charge in [0.15, 0.2) is 0 Å². The second-order valence-electron chi connectivity index (χ2n) is 6.70. The Morgan fingerprint density at radius 3 is 2.41 bits per heavy atom. The highest BCUT2D eigenvalue weighted by molar-refractivity contribution is 5.86. The van der Waals surface area contributed by atoms with E-state index in [4.69, 9.17) is 0 Å². The number of nitrogens with zero attached hydrogens (tertiary/aromatic N) is 1. The molecular weight excluding hydrogens is 338 g/mol. The maximum Gasteiger partial charge on any atom is 0.315 e. The van der Waals surface area contributed by atoms with E-state index in [1.165, 1.54) is 0 Å². The van der Waals surface area contributed by atoms with Crippen molar-refractivity contribution in [3.8, 4) is 0 Å². The van der Waals surface area contributed by atoms with Gasteiger partial charge in [-0.2, -0.15) is 0 Å². The van der Waals surface area contributed by atoms with Gasteiger partial charge in [0.2, 0.25) is 0 Å². The predicted octanol–water partition coefficient (Wildman–Crippen LogP) is 3.44. The molecule has 5 heteroatoms. The first-order valence-electron chi connectivity index (χ1n) is 8.98. The molecule has 0 aliphatic carbocycles. The normalized spacial score (nSPS) is 11.8. The van der Waals surface area contributed by atoms with Crippen molar-refractivity contribution in [1.82, 2.24) is 10.6 Å². The molecule has 3 N–H and O–H groups in total. The number of anilines is 1. The van der Waals surface area contributed by atoms with Crippen LogP contribution in [0.2, 0.25) is 0 Å². The lowest BCUT2D eigenvalue weighted by atomic mass is 10.0. The van der Waals surface area contributed by atoms with Crippen molar-refractivity contribution in [2.24, 2.45) is 0 Å². The molecule has 0 radical (unpaired) electrons. The first kappa shape index (κ1) is 18.7. The van der Waals surface area contributed by atoms with Crippen molar-refractivity contribution in [3.63, 3.8) is 0 Å². The van der Waals surface area contributed by atoms with E-state index in [1.54, 1.807) is 0 Å². The predicted molar refractivity (Wildman–Crippen MR) is 110 cm³/mol. The number of aliphatic hydroxyl groups excluding tert-OH is 1. The average Bonchev–Trinajstić information content (AvgIpc) is 2.70. The summed E-state index contributed by atoms with van der Waals surface area (Å²) in [6.45, 7) is 0.587. The van der Waals surface area contributed by atoms with Crippen LogP contribution in [0.25, 0.3) is 10.8 Å². The van der Waals surface area contributed by atoms with Crippen LogP contribution in [0, 0.1) is 0 Å². The van der Waals surface area contributed by atoms with Crippen molar-refractivity contribution in [2.75, 3.05) is 25.5 Å². The first-order chi connectivity index (χ1) is 13.0. The van der Waals surface area contributed by atoms with E-state index in [0.717, 1.165) is 27.6 Å². The minimum atomic E-state index is -0.746. The highest BCUT2D eigenvalue weighted by atomic mass is 16.3. The second kappa shape index (κ2) is 8.56. The van der Waals surface area contributed by atoms with Crippen molar-refractivity contribution >= 4 is 22.5 Å². The number of rotatable bonds is 6. The van der Waals surface area contributed by atoms with Crippen LogP contribution in [0.3, 0.4) is 0 Å². The van der Waals surface area contributed by atoms with Crippen molar-refractivity contribution in [3.05, 3.63) is 77.9 Å². The number of carbonyl (C=O) groups excluding carboxylic acids is 1. The van der Waals surface area contributed by atoms with Gasteiger partial charge in [-0.15, -0.1) is 0 Å². The summed E-state index contributed by atoms with van der Waals surface area (Å²) < 4.78 is 0. The fraction of sp³-hybridized carbons (Fsp3) is 0.227. The first-order valence-corrected chi connectivity index (χ1v) is 8.98. The molecule has 1 atom stereocenters. The zero-order valence-corrected chi connectivity index (χ0v) is 15.6. The third kappa shape index (κ3) is 4.77. The highest BCUT2D eigenvalue weighted by Gasteiger charge is 2.10. The summed E-state index contributed by atoms with van der Waals surface area (Å²) in [6, 6.07) is 21.5. The molecule has 0 fully saturated rings. The van der Waals surface area contributed by atoms with Gasteiger partial charge in [-0.25, -0.2) is 4.79 Å². The van der Waals surface area contributed by atoms with Crippen molar-refractivity contribution in [2.45, 2.75) is 12.6 Å². The monoisotopic (exact) mass is 363 g/mol. The summed E-state index contributed by atoms with van der Waals surface area (Å²) >= 11 is 0. The Bertz CT molecular complexity index is 902. The van der Waals surface area contributed by atoms with E-state index in [0.29, 0.717) is 6.54 Å². The quantitative estimate of drug-likeness (QED) is 0.629. The van der Waals surface area contributed by atoms with E-state index in [1.807, 2.05) is 73.6 Å². The van der Waals surface area contributed by atoms with Gasteiger partial charge in [0.25, 0.3) is 0 Å². The van der Waals surface area contributed by atoms with E-state index in [2.05, 4.69) is 22.8 Å². The SMILES string of the molecule is CN(C)c1ccc([C@@H](O)CNC(=O)NCc2cccc3ccccc23)cc1. The molecule has 140 valence electrons. The summed E-state index contributed by atoms with van der Waals surface area (Å²) in [7, 11) is 3.93.